The van der Waals surface area contributed by atoms with Crippen LogP contribution in [0.5, 0.6) is 5.88 Å². The maximum absolute atomic E-state index is 12.3. The number of urea groups is 1. The third-order valence-corrected chi connectivity index (χ3v) is 5.91. The first-order valence-electron chi connectivity index (χ1n) is 10.2. The summed E-state index contributed by atoms with van der Waals surface area (Å²) in [6, 6.07) is 1.91. The summed E-state index contributed by atoms with van der Waals surface area (Å²) in [4.78, 5) is 33.9. The summed E-state index contributed by atoms with van der Waals surface area (Å²) in [5, 5.41) is 10.3. The Morgan fingerprint density at radius 3 is 2.66 bits per heavy atom. The number of hydrogen-bond acceptors (Lipinski definition) is 7. The van der Waals surface area contributed by atoms with Gasteiger partial charge < -0.3 is 29.7 Å². The Hall–Kier alpha value is -2.83. The van der Waals surface area contributed by atoms with Gasteiger partial charge in [-0.2, -0.15) is 13.2 Å². The number of nitrogens with zero attached hydrogens (tertiary/aromatic N) is 4. The van der Waals surface area contributed by atoms with E-state index in [1.807, 2.05) is 11.0 Å². The summed E-state index contributed by atoms with van der Waals surface area (Å²) in [5.74, 6) is -0.930. The summed E-state index contributed by atoms with van der Waals surface area (Å²) in [7, 11) is 1.61. The Balaban J connectivity index is 0.000000360. The van der Waals surface area contributed by atoms with Crippen LogP contribution in [0.15, 0.2) is 12.4 Å². The molecule has 178 valence electrons. The monoisotopic (exact) mass is 461 g/mol. The standard InChI is InChI=1S/C17H25N5O3.C2HF3O2/c1-24-15-6-14(19-12-20-15)22-7-13-8-25-11-17(13,10-22)9-18-16(23)21-4-2-3-5-21;3-2(4,5)1(6)7/h6,12-13H,2-5,7-11H2,1H3,(H,18,23);(H,6,7)/t13-,17+;/m1./s1. The molecule has 2 atom stereocenters. The van der Waals surface area contributed by atoms with Crippen molar-refractivity contribution < 1.29 is 37.3 Å². The molecule has 2 N–H and O–H groups in total. The van der Waals surface area contributed by atoms with Crippen LogP contribution in [0.1, 0.15) is 12.8 Å². The SMILES string of the molecule is COc1cc(N2C[C@@H]3COC[C@]3(CNC(=O)N3CCCC3)C2)ncn1.O=C(O)C(F)(F)F. The van der Waals surface area contributed by atoms with Gasteiger partial charge in [-0.1, -0.05) is 0 Å². The Kier molecular flexibility index (Phi) is 7.26. The quantitative estimate of drug-likeness (QED) is 0.691. The maximum Gasteiger partial charge on any atom is 0.490 e. The van der Waals surface area contributed by atoms with Crippen LogP contribution in [-0.2, 0) is 9.53 Å². The Bertz CT molecular complexity index is 821. The van der Waals surface area contributed by atoms with Crippen LogP contribution in [-0.4, -0.2) is 91.2 Å². The van der Waals surface area contributed by atoms with E-state index in [4.69, 9.17) is 19.4 Å². The second-order valence-electron chi connectivity index (χ2n) is 8.03. The Labute approximate surface area is 182 Å². The molecule has 0 bridgehead atoms. The zero-order valence-electron chi connectivity index (χ0n) is 17.6. The average molecular weight is 461 g/mol. The molecule has 3 fully saturated rings. The second kappa shape index (κ2) is 9.76. The van der Waals surface area contributed by atoms with E-state index in [0.29, 0.717) is 24.9 Å². The number of carbonyl (C=O) groups is 2. The number of rotatable bonds is 4. The third-order valence-electron chi connectivity index (χ3n) is 5.91. The molecule has 0 spiro atoms. The molecule has 1 aromatic rings. The molecule has 3 aliphatic rings. The number of amides is 2. The van der Waals surface area contributed by atoms with Gasteiger partial charge in [0.1, 0.15) is 12.1 Å². The first-order chi connectivity index (χ1) is 15.1. The summed E-state index contributed by atoms with van der Waals surface area (Å²) < 4.78 is 42.7. The van der Waals surface area contributed by atoms with E-state index in [1.54, 1.807) is 7.11 Å². The van der Waals surface area contributed by atoms with Gasteiger partial charge in [0.2, 0.25) is 5.88 Å². The topological polar surface area (TPSA) is 117 Å². The largest absolute Gasteiger partial charge is 0.490 e. The lowest BCUT2D eigenvalue weighted by Crippen LogP contribution is -2.47. The Morgan fingerprint density at radius 2 is 2.03 bits per heavy atom. The number of methoxy groups -OCH3 is 1. The van der Waals surface area contributed by atoms with Gasteiger partial charge in [0.15, 0.2) is 0 Å². The fourth-order valence-electron chi connectivity index (χ4n) is 4.15. The molecular weight excluding hydrogens is 435 g/mol. The first kappa shape index (κ1) is 23.8. The lowest BCUT2D eigenvalue weighted by atomic mass is 9.81. The van der Waals surface area contributed by atoms with E-state index in [9.17, 15) is 18.0 Å². The first-order valence-corrected chi connectivity index (χ1v) is 10.2. The highest BCUT2D eigenvalue weighted by Gasteiger charge is 2.51. The number of anilines is 1. The number of carbonyl (C=O) groups excluding carboxylic acids is 1. The van der Waals surface area contributed by atoms with Crippen LogP contribution in [0.4, 0.5) is 23.8 Å². The minimum atomic E-state index is -5.08. The van der Waals surface area contributed by atoms with Crippen LogP contribution in [0.2, 0.25) is 0 Å². The van der Waals surface area contributed by atoms with Gasteiger partial charge in [0.25, 0.3) is 0 Å². The fourth-order valence-corrected chi connectivity index (χ4v) is 4.15. The Morgan fingerprint density at radius 1 is 1.34 bits per heavy atom. The van der Waals surface area contributed by atoms with Gasteiger partial charge in [0.05, 0.1) is 20.3 Å². The van der Waals surface area contributed by atoms with Crippen molar-refractivity contribution in [2.24, 2.45) is 11.3 Å². The van der Waals surface area contributed by atoms with Gasteiger partial charge in [0, 0.05) is 50.1 Å². The van der Waals surface area contributed by atoms with Crippen LogP contribution < -0.4 is 15.0 Å². The summed E-state index contributed by atoms with van der Waals surface area (Å²) in [6.07, 6.45) is -1.35. The molecule has 3 saturated heterocycles. The fraction of sp³-hybridized carbons (Fsp3) is 0.684. The molecule has 13 heteroatoms. The van der Waals surface area contributed by atoms with Crippen LogP contribution in [0.25, 0.3) is 0 Å². The summed E-state index contributed by atoms with van der Waals surface area (Å²) in [5.41, 5.74) is -0.0480. The van der Waals surface area contributed by atoms with Crippen LogP contribution >= 0.6 is 0 Å². The zero-order valence-corrected chi connectivity index (χ0v) is 17.6. The van der Waals surface area contributed by atoms with E-state index >= 15 is 0 Å². The predicted molar refractivity (Wildman–Crippen MR) is 105 cm³/mol. The maximum atomic E-state index is 12.3. The van der Waals surface area contributed by atoms with E-state index in [1.165, 1.54) is 6.33 Å². The van der Waals surface area contributed by atoms with Gasteiger partial charge in [-0.15, -0.1) is 0 Å². The summed E-state index contributed by atoms with van der Waals surface area (Å²) in [6.45, 7) is 5.48. The van der Waals surface area contributed by atoms with E-state index in [-0.39, 0.29) is 11.4 Å². The molecular formula is C19H26F3N5O5. The van der Waals surface area contributed by atoms with E-state index in [0.717, 1.165) is 51.4 Å². The van der Waals surface area contributed by atoms with Crippen molar-refractivity contribution in [3.8, 4) is 5.88 Å². The van der Waals surface area contributed by atoms with Crippen molar-refractivity contribution in [1.29, 1.82) is 0 Å². The predicted octanol–water partition coefficient (Wildman–Crippen LogP) is 1.38. The lowest BCUT2D eigenvalue weighted by Gasteiger charge is -2.29. The van der Waals surface area contributed by atoms with Crippen LogP contribution in [0.3, 0.4) is 0 Å². The van der Waals surface area contributed by atoms with E-state index in [2.05, 4.69) is 20.2 Å². The number of likely N-dealkylation sites (tertiary alicyclic amines) is 1. The van der Waals surface area contributed by atoms with Gasteiger partial charge >= 0.3 is 18.2 Å². The minimum Gasteiger partial charge on any atom is -0.481 e. The molecule has 2 amide bonds. The molecule has 3 aliphatic heterocycles. The van der Waals surface area contributed by atoms with Crippen LogP contribution in [0, 0.1) is 11.3 Å². The van der Waals surface area contributed by atoms with Gasteiger partial charge in [-0.3, -0.25) is 0 Å². The number of aromatic nitrogens is 2. The number of fused-ring (bicyclic) bond motifs is 1. The number of ether oxygens (including phenoxy) is 2. The minimum absolute atomic E-state index is 0.0480. The molecule has 4 rings (SSSR count). The van der Waals surface area contributed by atoms with Crippen molar-refractivity contribution in [2.75, 3.05) is 57.9 Å². The third kappa shape index (κ3) is 5.50. The molecule has 0 unspecified atom stereocenters. The molecule has 32 heavy (non-hydrogen) atoms. The molecule has 0 aromatic carbocycles. The van der Waals surface area contributed by atoms with Gasteiger partial charge in [-0.25, -0.2) is 19.6 Å². The number of halogens is 3. The molecule has 4 heterocycles. The highest BCUT2D eigenvalue weighted by Crippen LogP contribution is 2.42. The van der Waals surface area contributed by atoms with E-state index < -0.39 is 12.1 Å². The zero-order chi connectivity index (χ0) is 23.4. The van der Waals surface area contributed by atoms with Crippen molar-refractivity contribution >= 4 is 17.8 Å². The normalized spacial score (nSPS) is 24.6. The number of nitrogens with one attached hydrogen (secondary N) is 1. The number of aliphatic carboxylic acids is 1. The number of alkyl halides is 3. The highest BCUT2D eigenvalue weighted by molar-refractivity contribution is 5.74. The summed E-state index contributed by atoms with van der Waals surface area (Å²) >= 11 is 0. The van der Waals surface area contributed by atoms with Crippen molar-refractivity contribution in [2.45, 2.75) is 19.0 Å². The molecule has 0 saturated carbocycles. The molecule has 0 radical (unpaired) electrons. The molecule has 10 nitrogen and oxygen atoms in total. The molecule has 0 aliphatic carbocycles. The highest BCUT2D eigenvalue weighted by atomic mass is 19.4. The second-order valence-corrected chi connectivity index (χ2v) is 8.03. The number of hydrogen-bond donors (Lipinski definition) is 2. The van der Waals surface area contributed by atoms with Crippen molar-refractivity contribution in [3.05, 3.63) is 12.4 Å². The average Bonchev–Trinajstić information content (AvgIpc) is 3.48. The number of carboxylic acids is 1. The number of carboxylic acid groups (broad SMARTS) is 1. The smallest absolute Gasteiger partial charge is 0.481 e. The van der Waals surface area contributed by atoms with Crippen molar-refractivity contribution in [3.63, 3.8) is 0 Å². The molecule has 1 aromatic heterocycles. The van der Waals surface area contributed by atoms with Crippen molar-refractivity contribution in [1.82, 2.24) is 20.2 Å². The lowest BCUT2D eigenvalue weighted by molar-refractivity contribution is -0.192. The van der Waals surface area contributed by atoms with Gasteiger partial charge in [-0.05, 0) is 12.8 Å².